The van der Waals surface area contributed by atoms with Gasteiger partial charge in [0.1, 0.15) is 26.9 Å². The Labute approximate surface area is 346 Å². The van der Waals surface area contributed by atoms with Crippen molar-refractivity contribution in [1.29, 1.82) is 0 Å². The average Bonchev–Trinajstić information content (AvgIpc) is 3.14. The smallest absolute Gasteiger partial charge is 0.397 e. The van der Waals surface area contributed by atoms with Gasteiger partial charge in [-0.05, 0) is 60.0 Å². The lowest BCUT2D eigenvalue weighted by Gasteiger charge is -2.14. The molecule has 4 aromatic carbocycles. The van der Waals surface area contributed by atoms with E-state index in [4.69, 9.17) is 25.0 Å². The van der Waals surface area contributed by atoms with Crippen LogP contribution in [0.25, 0.3) is 10.8 Å². The second kappa shape index (κ2) is 19.8. The Balaban J connectivity index is 1.81. The number of anilines is 1. The zero-order valence-corrected chi connectivity index (χ0v) is 34.7. The number of hydrogen-bond donors (Lipinski definition) is 7. The number of fused-ring (bicyclic) bond motifs is 1. The molecule has 0 saturated heterocycles. The molecule has 34 heteroatoms. The van der Waals surface area contributed by atoms with E-state index in [9.17, 15) is 56.3 Å². The first-order valence-corrected chi connectivity index (χ1v) is 24.0. The minimum absolute atomic E-state index is 0.0734. The van der Waals surface area contributed by atoms with Crippen molar-refractivity contribution in [2.24, 2.45) is 20.5 Å². The molecular formula is C26H25N5O22S7. The molecule has 60 heavy (non-hydrogen) atoms. The van der Waals surface area contributed by atoms with E-state index in [1.54, 1.807) is 0 Å². The number of phenols is 1. The van der Waals surface area contributed by atoms with E-state index in [0.29, 0.717) is 6.07 Å². The van der Waals surface area contributed by atoms with Crippen molar-refractivity contribution in [2.75, 3.05) is 30.5 Å². The zero-order chi connectivity index (χ0) is 44.7. The monoisotopic (exact) mass is 983 g/mol. The number of sulfone groups is 2. The largest absolute Gasteiger partial charge is 0.505 e. The van der Waals surface area contributed by atoms with E-state index in [1.807, 2.05) is 0 Å². The number of nitrogens with zero attached hydrogens (tertiary/aromatic N) is 4. The maximum atomic E-state index is 12.8. The van der Waals surface area contributed by atoms with Gasteiger partial charge in [0.15, 0.2) is 37.7 Å². The highest BCUT2D eigenvalue weighted by atomic mass is 32.3. The van der Waals surface area contributed by atoms with Crippen LogP contribution in [0, 0.1) is 0 Å². The highest BCUT2D eigenvalue weighted by Gasteiger charge is 2.27. The number of nitrogen functional groups attached to an aromatic ring is 1. The summed E-state index contributed by atoms with van der Waals surface area (Å²) in [7, 11) is -23.8. The average molecular weight is 984 g/mol. The van der Waals surface area contributed by atoms with Crippen LogP contribution >= 0.6 is 24.4 Å². The first-order chi connectivity index (χ1) is 27.9. The Morgan fingerprint density at radius 1 is 0.650 bits per heavy atom. The summed E-state index contributed by atoms with van der Waals surface area (Å²) in [5, 5.41) is 49.4. The maximum absolute atomic E-state index is 12.8. The van der Waals surface area contributed by atoms with Gasteiger partial charge in [0, 0.05) is 0 Å². The van der Waals surface area contributed by atoms with Crippen molar-refractivity contribution in [1.82, 2.24) is 0 Å². The van der Waals surface area contributed by atoms with E-state index < -0.39 is 124 Å². The SMILES string of the molecule is Nc1c(N=Nc2ccc(S(=O)(=O)CCOS(=O)(=O)O)cc2)c(S(=O)(=O)O)cc2cc(SOOO)c(N=Nc3ccc(S(=O)(=O)CCOSOOO)cc3S(=O)(=O)O)c(O)c12. The lowest BCUT2D eigenvalue weighted by Crippen LogP contribution is -2.15. The standard InChI is InChI=1S/C26H25N5O22S7/c27-23-22-14(12-21(59(42,43)44)25(23)31-28-15-1-3-16(4-2-15)56(35,36)10-8-49-60(45,46)47)11-19(54-52-50-33)24(26(22)32)30-29-18-6-5-17(13-20(18)58(39,40)41)57(37,38)9-7-48-55-53-51-34/h1-6,11-13,32-34H,7-10,27H2,(H,39,40,41)(H,42,43,44)(H,45,46,47). The molecule has 328 valence electrons. The zero-order valence-electron chi connectivity index (χ0n) is 29.0. The van der Waals surface area contributed by atoms with Gasteiger partial charge in [-0.1, -0.05) is 10.1 Å². The lowest BCUT2D eigenvalue weighted by molar-refractivity contribution is -0.434. The molecule has 8 N–H and O–H groups in total. The molecule has 0 heterocycles. The first kappa shape index (κ1) is 48.6. The molecule has 0 aliphatic carbocycles. The number of azo groups is 2. The van der Waals surface area contributed by atoms with Crippen LogP contribution in [0.3, 0.4) is 0 Å². The summed E-state index contributed by atoms with van der Waals surface area (Å²) < 4.78 is 167. The normalized spacial score (nSPS) is 13.2. The Hall–Kier alpha value is -4.05. The number of rotatable bonds is 21. The van der Waals surface area contributed by atoms with Gasteiger partial charge < -0.3 is 10.8 Å². The van der Waals surface area contributed by atoms with Crippen LogP contribution in [0.2, 0.25) is 0 Å². The third-order valence-electron chi connectivity index (χ3n) is 7.16. The summed E-state index contributed by atoms with van der Waals surface area (Å²) in [6.45, 7) is -1.47. The van der Waals surface area contributed by atoms with E-state index in [0.717, 1.165) is 48.5 Å². The summed E-state index contributed by atoms with van der Waals surface area (Å²) >= 11 is 0.192. The fraction of sp³-hybridized carbons (Fsp3) is 0.154. The molecule has 0 aliphatic rings. The molecule has 0 radical (unpaired) electrons. The quantitative estimate of drug-likeness (QED) is 0.0117. The molecule has 0 spiro atoms. The van der Waals surface area contributed by atoms with Crippen molar-refractivity contribution in [3.63, 3.8) is 0 Å². The molecule has 0 amide bonds. The second-order valence-corrected chi connectivity index (χ2v) is 20.3. The summed E-state index contributed by atoms with van der Waals surface area (Å²) in [5.41, 5.74) is 3.24. The van der Waals surface area contributed by atoms with Crippen LogP contribution < -0.4 is 5.73 Å². The van der Waals surface area contributed by atoms with E-state index >= 15 is 0 Å². The van der Waals surface area contributed by atoms with Gasteiger partial charge in [-0.15, -0.1) is 24.0 Å². The van der Waals surface area contributed by atoms with Crippen LogP contribution in [0.1, 0.15) is 0 Å². The molecule has 4 aromatic rings. The topological polar surface area (TPSA) is 423 Å². The molecule has 27 nitrogen and oxygen atoms in total. The van der Waals surface area contributed by atoms with Crippen LogP contribution in [-0.2, 0) is 77.4 Å². The minimum Gasteiger partial charge on any atom is -0.505 e. The summed E-state index contributed by atoms with van der Waals surface area (Å²) in [4.78, 5) is -3.44. The Kier molecular flexibility index (Phi) is 16.0. The summed E-state index contributed by atoms with van der Waals surface area (Å²) in [6.07, 6.45) is 0. The molecule has 4 rings (SSSR count). The van der Waals surface area contributed by atoms with Gasteiger partial charge >= 0.3 is 10.4 Å². The molecule has 0 saturated carbocycles. The predicted molar refractivity (Wildman–Crippen MR) is 201 cm³/mol. The van der Waals surface area contributed by atoms with E-state index in [-0.39, 0.29) is 45.2 Å². The van der Waals surface area contributed by atoms with Crippen molar-refractivity contribution >= 4 is 114 Å². The van der Waals surface area contributed by atoms with Gasteiger partial charge in [-0.3, -0.25) is 17.8 Å². The van der Waals surface area contributed by atoms with Crippen molar-refractivity contribution in [2.45, 2.75) is 24.5 Å². The Bertz CT molecular complexity index is 2880. The predicted octanol–water partition coefficient (Wildman–Crippen LogP) is 4.25. The van der Waals surface area contributed by atoms with Crippen molar-refractivity contribution in [3.8, 4) is 5.75 Å². The van der Waals surface area contributed by atoms with Crippen molar-refractivity contribution < 1.29 is 98.5 Å². The number of phenolic OH excluding ortho intramolecular Hbond substituents is 1. The van der Waals surface area contributed by atoms with Gasteiger partial charge in [0.2, 0.25) is 0 Å². The third-order valence-corrected chi connectivity index (χ3v) is 13.7. The lowest BCUT2D eigenvalue weighted by atomic mass is 10.1. The molecule has 0 bridgehead atoms. The molecule has 0 aliphatic heterocycles. The van der Waals surface area contributed by atoms with Crippen LogP contribution in [0.4, 0.5) is 28.4 Å². The number of hydrogen-bond acceptors (Lipinski definition) is 26. The van der Waals surface area contributed by atoms with Gasteiger partial charge in [0.25, 0.3) is 20.2 Å². The highest BCUT2D eigenvalue weighted by Crippen LogP contribution is 2.50. The molecular weight excluding hydrogens is 959 g/mol. The maximum Gasteiger partial charge on any atom is 0.397 e. The minimum atomic E-state index is -5.25. The van der Waals surface area contributed by atoms with Gasteiger partial charge in [-0.25, -0.2) is 31.5 Å². The molecule has 0 atom stereocenters. The van der Waals surface area contributed by atoms with Crippen LogP contribution in [0.5, 0.6) is 5.75 Å². The Morgan fingerprint density at radius 3 is 1.83 bits per heavy atom. The fourth-order valence-corrected chi connectivity index (χ4v) is 9.44. The summed E-state index contributed by atoms with van der Waals surface area (Å²) in [5.74, 6) is -2.60. The number of nitrogens with two attached hydrogens (primary N) is 1. The number of benzene rings is 4. The van der Waals surface area contributed by atoms with Gasteiger partial charge in [-0.2, -0.15) is 30.4 Å². The van der Waals surface area contributed by atoms with Crippen molar-refractivity contribution in [3.05, 3.63) is 54.6 Å². The highest BCUT2D eigenvalue weighted by molar-refractivity contribution is 7.94. The molecule has 0 fully saturated rings. The summed E-state index contributed by atoms with van der Waals surface area (Å²) in [6, 6.07) is 8.15. The first-order valence-electron chi connectivity index (χ1n) is 15.0. The molecule has 0 unspecified atom stereocenters. The fourth-order valence-electron chi connectivity index (χ4n) is 4.63. The Morgan fingerprint density at radius 2 is 1.23 bits per heavy atom. The van der Waals surface area contributed by atoms with E-state index in [2.05, 4.69) is 43.4 Å². The van der Waals surface area contributed by atoms with E-state index in [1.165, 1.54) is 0 Å². The second-order valence-electron chi connectivity index (χ2n) is 10.9. The van der Waals surface area contributed by atoms with Crippen LogP contribution in [0.15, 0.2) is 99.5 Å². The number of aromatic hydroxyl groups is 1. The third kappa shape index (κ3) is 12.7. The van der Waals surface area contributed by atoms with Crippen LogP contribution in [-0.4, -0.2) is 96.1 Å². The molecule has 0 aromatic heterocycles. The van der Waals surface area contributed by atoms with Gasteiger partial charge in [0.05, 0.1) is 68.2 Å².